The molecule has 2 unspecified atom stereocenters. The topological polar surface area (TPSA) is 20.3 Å². The fraction of sp³-hybridized carbons (Fsp3) is 0.533. The number of thioether (sulfide) groups is 1. The Bertz CT molecular complexity index is 393. The van der Waals surface area contributed by atoms with Gasteiger partial charge in [-0.3, -0.25) is 9.69 Å². The van der Waals surface area contributed by atoms with Crippen LogP contribution in [0.4, 0.5) is 0 Å². The third-order valence-corrected chi connectivity index (χ3v) is 4.98. The highest BCUT2D eigenvalue weighted by Gasteiger charge is 2.26. The van der Waals surface area contributed by atoms with Crippen LogP contribution in [0.1, 0.15) is 19.4 Å². The second kappa shape index (κ2) is 6.39. The molecule has 0 radical (unpaired) electrons. The van der Waals surface area contributed by atoms with Gasteiger partial charge in [-0.25, -0.2) is 0 Å². The summed E-state index contributed by atoms with van der Waals surface area (Å²) in [4.78, 5) is 14.4. The molecule has 0 spiro atoms. The summed E-state index contributed by atoms with van der Waals surface area (Å²) in [5.41, 5.74) is 1.12. The lowest BCUT2D eigenvalue weighted by Crippen LogP contribution is -2.47. The fourth-order valence-corrected chi connectivity index (χ4v) is 3.49. The quantitative estimate of drug-likeness (QED) is 0.833. The molecule has 0 aliphatic carbocycles. The highest BCUT2D eigenvalue weighted by molar-refractivity contribution is 8.00. The highest BCUT2D eigenvalue weighted by Crippen LogP contribution is 2.23. The van der Waals surface area contributed by atoms with Gasteiger partial charge in [0, 0.05) is 30.0 Å². The summed E-state index contributed by atoms with van der Waals surface area (Å²) in [6.07, 6.45) is 0.561. The smallest absolute Gasteiger partial charge is 0.151 e. The molecule has 0 aromatic heterocycles. The molecule has 3 heteroatoms. The van der Waals surface area contributed by atoms with Gasteiger partial charge < -0.3 is 0 Å². The minimum atomic E-state index is 0.326. The molecular weight excluding hydrogens is 242 g/mol. The first-order valence-corrected chi connectivity index (χ1v) is 7.63. The number of carbonyl (C=O) groups is 1. The van der Waals surface area contributed by atoms with Crippen molar-refractivity contribution in [2.24, 2.45) is 0 Å². The third-order valence-electron chi connectivity index (χ3n) is 3.64. The van der Waals surface area contributed by atoms with Crippen LogP contribution in [-0.4, -0.2) is 40.8 Å². The van der Waals surface area contributed by atoms with E-state index in [-0.39, 0.29) is 0 Å². The normalized spacial score (nSPS) is 25.0. The Hall–Kier alpha value is -0.800. The Balaban J connectivity index is 1.87. The lowest BCUT2D eigenvalue weighted by atomic mass is 10.1. The molecule has 0 amide bonds. The molecule has 2 atom stereocenters. The highest BCUT2D eigenvalue weighted by atomic mass is 32.2. The van der Waals surface area contributed by atoms with Crippen molar-refractivity contribution in [2.45, 2.75) is 31.6 Å². The van der Waals surface area contributed by atoms with Crippen LogP contribution in [-0.2, 0) is 11.2 Å². The minimum Gasteiger partial charge on any atom is -0.298 e. The molecule has 0 N–H and O–H groups in total. The van der Waals surface area contributed by atoms with Crippen LogP contribution < -0.4 is 0 Å². The molecule has 1 aliphatic rings. The van der Waals surface area contributed by atoms with Gasteiger partial charge in [-0.1, -0.05) is 37.3 Å². The zero-order valence-electron chi connectivity index (χ0n) is 11.1. The van der Waals surface area contributed by atoms with Crippen LogP contribution in [0.25, 0.3) is 0 Å². The van der Waals surface area contributed by atoms with E-state index < -0.39 is 0 Å². The Morgan fingerprint density at radius 1 is 1.33 bits per heavy atom. The summed E-state index contributed by atoms with van der Waals surface area (Å²) in [5, 5.41) is 0.628. The van der Waals surface area contributed by atoms with Crippen molar-refractivity contribution in [3.05, 3.63) is 35.9 Å². The molecule has 1 fully saturated rings. The molecule has 18 heavy (non-hydrogen) atoms. The number of rotatable bonds is 4. The van der Waals surface area contributed by atoms with Crippen LogP contribution in [0.5, 0.6) is 0 Å². The third kappa shape index (κ3) is 3.59. The first-order chi connectivity index (χ1) is 8.66. The van der Waals surface area contributed by atoms with E-state index in [2.05, 4.69) is 18.7 Å². The molecule has 1 aromatic rings. The Labute approximate surface area is 114 Å². The summed E-state index contributed by atoms with van der Waals surface area (Å²) in [5.74, 6) is 1.47. The number of benzene rings is 1. The van der Waals surface area contributed by atoms with Crippen molar-refractivity contribution in [2.75, 3.05) is 18.8 Å². The second-order valence-corrected chi connectivity index (χ2v) is 6.47. The number of hydrogen-bond acceptors (Lipinski definition) is 3. The first kappa shape index (κ1) is 13.6. The molecular formula is C15H21NOS. The second-order valence-electron chi connectivity index (χ2n) is 4.99. The van der Waals surface area contributed by atoms with Gasteiger partial charge in [0.2, 0.25) is 0 Å². The van der Waals surface area contributed by atoms with Crippen LogP contribution in [0.3, 0.4) is 0 Å². The van der Waals surface area contributed by atoms with E-state index in [0.717, 1.165) is 17.9 Å². The summed E-state index contributed by atoms with van der Waals surface area (Å²) < 4.78 is 0. The van der Waals surface area contributed by atoms with Crippen LogP contribution in [0, 0.1) is 0 Å². The van der Waals surface area contributed by atoms with E-state index in [1.54, 1.807) is 0 Å². The van der Waals surface area contributed by atoms with Crippen molar-refractivity contribution in [3.63, 3.8) is 0 Å². The monoisotopic (exact) mass is 263 g/mol. The van der Waals surface area contributed by atoms with Crippen molar-refractivity contribution in [3.8, 4) is 0 Å². The van der Waals surface area contributed by atoms with E-state index in [9.17, 15) is 4.79 Å². The number of ketones is 1. The van der Waals surface area contributed by atoms with Gasteiger partial charge in [0.25, 0.3) is 0 Å². The van der Waals surface area contributed by atoms with Gasteiger partial charge in [-0.2, -0.15) is 11.8 Å². The van der Waals surface area contributed by atoms with E-state index in [0.29, 0.717) is 30.0 Å². The predicted molar refractivity (Wildman–Crippen MR) is 78.1 cm³/mol. The van der Waals surface area contributed by atoms with E-state index in [1.807, 2.05) is 42.1 Å². The van der Waals surface area contributed by atoms with E-state index in [4.69, 9.17) is 0 Å². The number of nitrogens with zero attached hydrogens (tertiary/aromatic N) is 1. The Morgan fingerprint density at radius 3 is 2.78 bits per heavy atom. The van der Waals surface area contributed by atoms with Crippen molar-refractivity contribution in [1.82, 2.24) is 4.90 Å². The average molecular weight is 263 g/mol. The predicted octanol–water partition coefficient (Wildman–Crippen LogP) is 2.62. The zero-order valence-corrected chi connectivity index (χ0v) is 12.0. The maximum Gasteiger partial charge on any atom is 0.151 e. The molecule has 1 heterocycles. The summed E-state index contributed by atoms with van der Waals surface area (Å²) in [7, 11) is 0. The molecule has 2 rings (SSSR count). The summed E-state index contributed by atoms with van der Waals surface area (Å²) >= 11 is 2.01. The molecule has 0 bridgehead atoms. The molecule has 0 saturated carbocycles. The average Bonchev–Trinajstić information content (AvgIpc) is 2.36. The largest absolute Gasteiger partial charge is 0.298 e. The van der Waals surface area contributed by atoms with E-state index in [1.165, 1.54) is 0 Å². The zero-order chi connectivity index (χ0) is 13.0. The Morgan fingerprint density at radius 2 is 2.06 bits per heavy atom. The van der Waals surface area contributed by atoms with Crippen molar-refractivity contribution in [1.29, 1.82) is 0 Å². The summed E-state index contributed by atoms with van der Waals surface area (Å²) in [6, 6.07) is 10.5. The van der Waals surface area contributed by atoms with Gasteiger partial charge in [-0.05, 0) is 12.5 Å². The van der Waals surface area contributed by atoms with Crippen LogP contribution in [0.2, 0.25) is 0 Å². The SMILES string of the molecule is CC1SCCN(CC(=O)Cc2ccccc2)C1C. The summed E-state index contributed by atoms with van der Waals surface area (Å²) in [6.45, 7) is 6.12. The van der Waals surface area contributed by atoms with Gasteiger partial charge in [0.05, 0.1) is 6.54 Å². The molecule has 98 valence electrons. The first-order valence-electron chi connectivity index (χ1n) is 6.58. The maximum absolute atomic E-state index is 12.1. The Kier molecular flexibility index (Phi) is 4.84. The molecule has 1 aliphatic heterocycles. The number of Topliss-reactive ketones (excluding diaryl/α,β-unsaturated/α-hetero) is 1. The van der Waals surface area contributed by atoms with Gasteiger partial charge in [0.1, 0.15) is 0 Å². The fourth-order valence-electron chi connectivity index (χ4n) is 2.32. The molecule has 1 aromatic carbocycles. The maximum atomic E-state index is 12.1. The molecule has 1 saturated heterocycles. The van der Waals surface area contributed by atoms with Gasteiger partial charge in [-0.15, -0.1) is 0 Å². The van der Waals surface area contributed by atoms with Gasteiger partial charge in [0.15, 0.2) is 5.78 Å². The van der Waals surface area contributed by atoms with E-state index >= 15 is 0 Å². The molecule has 2 nitrogen and oxygen atoms in total. The van der Waals surface area contributed by atoms with Crippen molar-refractivity contribution < 1.29 is 4.79 Å². The lowest BCUT2D eigenvalue weighted by molar-refractivity contribution is -0.120. The van der Waals surface area contributed by atoms with Gasteiger partial charge >= 0.3 is 0 Å². The minimum absolute atomic E-state index is 0.326. The van der Waals surface area contributed by atoms with Crippen LogP contribution >= 0.6 is 11.8 Å². The van der Waals surface area contributed by atoms with Crippen molar-refractivity contribution >= 4 is 17.5 Å². The lowest BCUT2D eigenvalue weighted by Gasteiger charge is -2.36. The number of hydrogen-bond donors (Lipinski definition) is 0. The van der Waals surface area contributed by atoms with Crippen LogP contribution in [0.15, 0.2) is 30.3 Å². The number of carbonyl (C=O) groups excluding carboxylic acids is 1. The standard InChI is InChI=1S/C15H21NOS/c1-12-13(2)18-9-8-16(12)11-15(17)10-14-6-4-3-5-7-14/h3-7,12-13H,8-11H2,1-2H3.